The van der Waals surface area contributed by atoms with Gasteiger partial charge in [0.2, 0.25) is 0 Å². The summed E-state index contributed by atoms with van der Waals surface area (Å²) in [5.41, 5.74) is 0.0779. The summed E-state index contributed by atoms with van der Waals surface area (Å²) in [6, 6.07) is 1.67. The summed E-state index contributed by atoms with van der Waals surface area (Å²) >= 11 is 0. The van der Waals surface area contributed by atoms with E-state index in [0.29, 0.717) is 11.4 Å². The van der Waals surface area contributed by atoms with Crippen molar-refractivity contribution in [3.8, 4) is 5.75 Å². The van der Waals surface area contributed by atoms with Gasteiger partial charge in [-0.2, -0.15) is 0 Å². The lowest BCUT2D eigenvalue weighted by Crippen LogP contribution is -2.30. The summed E-state index contributed by atoms with van der Waals surface area (Å²) < 4.78 is 10.5. The molecule has 19 heavy (non-hydrogen) atoms. The molecular formula is C14H22N2O3. The zero-order chi connectivity index (χ0) is 14.3. The number of hydrogen-bond donors (Lipinski definition) is 1. The fraction of sp³-hybridized carbons (Fsp3) is 0.571. The third-order valence-corrected chi connectivity index (χ3v) is 2.74. The maximum absolute atomic E-state index is 11.9. The molecule has 0 atom stereocenters. The Kier molecular flexibility index (Phi) is 5.60. The number of carbonyl (C=O) groups excluding carboxylic acids is 1. The van der Waals surface area contributed by atoms with E-state index in [1.807, 2.05) is 13.8 Å². The monoisotopic (exact) mass is 266 g/mol. The summed E-state index contributed by atoms with van der Waals surface area (Å²) in [7, 11) is 1.53. The SMILES string of the molecule is CCCCC(C)(C)OC(=O)Nc1ccncc1OC. The number of rotatable bonds is 6. The van der Waals surface area contributed by atoms with Crippen LogP contribution in [0.15, 0.2) is 18.5 Å². The molecule has 0 saturated heterocycles. The molecule has 0 fully saturated rings. The van der Waals surface area contributed by atoms with Gasteiger partial charge in [-0.1, -0.05) is 13.3 Å². The van der Waals surface area contributed by atoms with Crippen molar-refractivity contribution < 1.29 is 14.3 Å². The molecule has 1 rings (SSSR count). The Bertz CT molecular complexity index is 419. The number of amides is 1. The van der Waals surface area contributed by atoms with Crippen LogP contribution in [-0.4, -0.2) is 23.8 Å². The summed E-state index contributed by atoms with van der Waals surface area (Å²) in [6.45, 7) is 5.93. The summed E-state index contributed by atoms with van der Waals surface area (Å²) in [5, 5.41) is 2.67. The Balaban J connectivity index is 2.60. The van der Waals surface area contributed by atoms with E-state index in [1.54, 1.807) is 12.3 Å². The average Bonchev–Trinajstić information content (AvgIpc) is 2.36. The molecule has 0 aliphatic heterocycles. The Morgan fingerprint density at radius 2 is 2.21 bits per heavy atom. The van der Waals surface area contributed by atoms with Crippen molar-refractivity contribution in [2.24, 2.45) is 0 Å². The number of unbranched alkanes of at least 4 members (excludes halogenated alkanes) is 1. The lowest BCUT2D eigenvalue weighted by atomic mass is 10.0. The van der Waals surface area contributed by atoms with Crippen molar-refractivity contribution in [3.05, 3.63) is 18.5 Å². The average molecular weight is 266 g/mol. The third-order valence-electron chi connectivity index (χ3n) is 2.74. The smallest absolute Gasteiger partial charge is 0.412 e. The number of anilines is 1. The van der Waals surface area contributed by atoms with E-state index in [4.69, 9.17) is 9.47 Å². The highest BCUT2D eigenvalue weighted by atomic mass is 16.6. The van der Waals surface area contributed by atoms with Crippen LogP contribution in [0, 0.1) is 0 Å². The van der Waals surface area contributed by atoms with Crippen LogP contribution in [-0.2, 0) is 4.74 Å². The number of hydrogen-bond acceptors (Lipinski definition) is 4. The Morgan fingerprint density at radius 3 is 2.84 bits per heavy atom. The van der Waals surface area contributed by atoms with Gasteiger partial charge >= 0.3 is 6.09 Å². The highest BCUT2D eigenvalue weighted by Crippen LogP contribution is 2.23. The van der Waals surface area contributed by atoms with Gasteiger partial charge in [-0.3, -0.25) is 10.3 Å². The number of nitrogens with zero attached hydrogens (tertiary/aromatic N) is 1. The van der Waals surface area contributed by atoms with Gasteiger partial charge in [0.15, 0.2) is 5.75 Å². The largest absolute Gasteiger partial charge is 0.493 e. The van der Waals surface area contributed by atoms with Crippen LogP contribution in [0.3, 0.4) is 0 Å². The van der Waals surface area contributed by atoms with Gasteiger partial charge in [0, 0.05) is 6.20 Å². The van der Waals surface area contributed by atoms with E-state index in [9.17, 15) is 4.79 Å². The minimum Gasteiger partial charge on any atom is -0.493 e. The molecule has 1 heterocycles. The maximum atomic E-state index is 11.9. The number of ether oxygens (including phenoxy) is 2. The van der Waals surface area contributed by atoms with Gasteiger partial charge in [-0.15, -0.1) is 0 Å². The van der Waals surface area contributed by atoms with Crippen molar-refractivity contribution in [2.45, 2.75) is 45.6 Å². The van der Waals surface area contributed by atoms with E-state index >= 15 is 0 Å². The first kappa shape index (κ1) is 15.3. The Morgan fingerprint density at radius 1 is 1.47 bits per heavy atom. The lowest BCUT2D eigenvalue weighted by molar-refractivity contribution is 0.0407. The molecule has 5 nitrogen and oxygen atoms in total. The molecule has 0 spiro atoms. The molecule has 0 aliphatic carbocycles. The Labute approximate surface area is 114 Å². The number of pyridine rings is 1. The first-order valence-electron chi connectivity index (χ1n) is 6.46. The van der Waals surface area contributed by atoms with Gasteiger partial charge in [0.1, 0.15) is 5.60 Å². The van der Waals surface area contributed by atoms with E-state index in [-0.39, 0.29) is 0 Å². The number of methoxy groups -OCH3 is 1. The predicted molar refractivity (Wildman–Crippen MR) is 74.5 cm³/mol. The summed E-state index contributed by atoms with van der Waals surface area (Å²) in [6.07, 6.45) is 5.58. The van der Waals surface area contributed by atoms with Gasteiger partial charge in [-0.05, 0) is 32.8 Å². The highest BCUT2D eigenvalue weighted by molar-refractivity contribution is 5.86. The molecule has 1 amide bonds. The molecule has 0 aliphatic rings. The van der Waals surface area contributed by atoms with Crippen LogP contribution in [0.2, 0.25) is 0 Å². The number of nitrogens with one attached hydrogen (secondary N) is 1. The lowest BCUT2D eigenvalue weighted by Gasteiger charge is -2.25. The Hall–Kier alpha value is -1.78. The standard InChI is InChI=1S/C14H22N2O3/c1-5-6-8-14(2,3)19-13(17)16-11-7-9-15-10-12(11)18-4/h7,9-10H,5-6,8H2,1-4H3,(H,15,16,17). The fourth-order valence-corrected chi connectivity index (χ4v) is 1.69. The van der Waals surface area contributed by atoms with Crippen LogP contribution in [0.1, 0.15) is 40.0 Å². The van der Waals surface area contributed by atoms with E-state index in [1.165, 1.54) is 13.3 Å². The van der Waals surface area contributed by atoms with Crippen molar-refractivity contribution >= 4 is 11.8 Å². The first-order chi connectivity index (χ1) is 8.98. The normalized spacial score (nSPS) is 10.9. The molecule has 0 bridgehead atoms. The van der Waals surface area contributed by atoms with Gasteiger partial charge < -0.3 is 9.47 Å². The molecule has 0 radical (unpaired) electrons. The van der Waals surface area contributed by atoms with Crippen LogP contribution >= 0.6 is 0 Å². The van der Waals surface area contributed by atoms with E-state index < -0.39 is 11.7 Å². The third kappa shape index (κ3) is 5.16. The van der Waals surface area contributed by atoms with Gasteiger partial charge in [0.25, 0.3) is 0 Å². The van der Waals surface area contributed by atoms with Crippen molar-refractivity contribution in [3.63, 3.8) is 0 Å². The van der Waals surface area contributed by atoms with Crippen molar-refractivity contribution in [2.75, 3.05) is 12.4 Å². The quantitative estimate of drug-likeness (QED) is 0.854. The second-order valence-corrected chi connectivity index (χ2v) is 4.95. The van der Waals surface area contributed by atoms with E-state index in [0.717, 1.165) is 19.3 Å². The van der Waals surface area contributed by atoms with Gasteiger partial charge in [0.05, 0.1) is 19.0 Å². The molecule has 1 aromatic rings. The molecule has 0 aromatic carbocycles. The number of aromatic nitrogens is 1. The molecule has 106 valence electrons. The van der Waals surface area contributed by atoms with Crippen molar-refractivity contribution in [1.29, 1.82) is 0 Å². The fourth-order valence-electron chi connectivity index (χ4n) is 1.69. The highest BCUT2D eigenvalue weighted by Gasteiger charge is 2.22. The van der Waals surface area contributed by atoms with Gasteiger partial charge in [-0.25, -0.2) is 4.79 Å². The van der Waals surface area contributed by atoms with Crippen LogP contribution in [0.5, 0.6) is 5.75 Å². The minimum atomic E-state index is -0.481. The molecule has 0 unspecified atom stereocenters. The molecular weight excluding hydrogens is 244 g/mol. The first-order valence-corrected chi connectivity index (χ1v) is 6.46. The number of carbonyl (C=O) groups is 1. The van der Waals surface area contributed by atoms with Crippen molar-refractivity contribution in [1.82, 2.24) is 4.98 Å². The van der Waals surface area contributed by atoms with E-state index in [2.05, 4.69) is 17.2 Å². The zero-order valence-corrected chi connectivity index (χ0v) is 12.0. The minimum absolute atomic E-state index is 0.472. The molecule has 1 aromatic heterocycles. The van der Waals surface area contributed by atoms with Crippen LogP contribution in [0.25, 0.3) is 0 Å². The molecule has 0 saturated carbocycles. The molecule has 5 heteroatoms. The maximum Gasteiger partial charge on any atom is 0.412 e. The summed E-state index contributed by atoms with van der Waals surface area (Å²) in [4.78, 5) is 15.8. The topological polar surface area (TPSA) is 60.5 Å². The zero-order valence-electron chi connectivity index (χ0n) is 12.0. The van der Waals surface area contributed by atoms with Crippen LogP contribution < -0.4 is 10.1 Å². The molecule has 1 N–H and O–H groups in total. The van der Waals surface area contributed by atoms with Crippen LogP contribution in [0.4, 0.5) is 10.5 Å². The second-order valence-electron chi connectivity index (χ2n) is 4.95. The predicted octanol–water partition coefficient (Wildman–Crippen LogP) is 3.61. The summed E-state index contributed by atoms with van der Waals surface area (Å²) in [5.74, 6) is 0.505. The second kappa shape index (κ2) is 6.97.